The highest BCUT2D eigenvalue weighted by molar-refractivity contribution is 6.09. The molecule has 6 nitrogen and oxygen atoms in total. The molecule has 1 amide bonds. The van der Waals surface area contributed by atoms with Crippen LogP contribution in [-0.4, -0.2) is 23.8 Å². The van der Waals surface area contributed by atoms with Crippen LogP contribution >= 0.6 is 0 Å². The van der Waals surface area contributed by atoms with Crippen molar-refractivity contribution in [3.8, 4) is 5.75 Å². The molecule has 0 spiro atoms. The van der Waals surface area contributed by atoms with Crippen LogP contribution in [0.5, 0.6) is 5.75 Å². The molecule has 0 saturated heterocycles. The number of amides is 1. The Morgan fingerprint density at radius 2 is 1.94 bits per heavy atom. The Morgan fingerprint density at radius 3 is 2.66 bits per heavy atom. The molecular weight excluding hydrogens is 402 g/mol. The Bertz CT molecular complexity index is 1160. The molecule has 2 heterocycles. The number of anilines is 1. The number of pyridine rings is 1. The van der Waals surface area contributed by atoms with Gasteiger partial charge in [-0.3, -0.25) is 9.59 Å². The SMILES string of the molecule is COc1ccccc1C1C(C(=O)Nc2cc(C)ccn2)=C(C)NC2=C1C(=O)CC(C)(C)C2. The summed E-state index contributed by atoms with van der Waals surface area (Å²) in [6.07, 6.45) is 2.84. The number of nitrogens with one attached hydrogen (secondary N) is 2. The van der Waals surface area contributed by atoms with Gasteiger partial charge in [0.2, 0.25) is 0 Å². The second-order valence-electron chi connectivity index (χ2n) is 9.34. The van der Waals surface area contributed by atoms with Crippen LogP contribution in [0.2, 0.25) is 0 Å². The van der Waals surface area contributed by atoms with Crippen LogP contribution in [0, 0.1) is 12.3 Å². The van der Waals surface area contributed by atoms with Crippen molar-refractivity contribution in [3.05, 3.63) is 76.3 Å². The van der Waals surface area contributed by atoms with Crippen molar-refractivity contribution in [3.63, 3.8) is 0 Å². The zero-order valence-electron chi connectivity index (χ0n) is 19.2. The molecule has 32 heavy (non-hydrogen) atoms. The van der Waals surface area contributed by atoms with E-state index in [4.69, 9.17) is 4.74 Å². The average Bonchev–Trinajstić information content (AvgIpc) is 2.71. The lowest BCUT2D eigenvalue weighted by atomic mass is 9.68. The lowest BCUT2D eigenvalue weighted by Crippen LogP contribution is -2.39. The summed E-state index contributed by atoms with van der Waals surface area (Å²) in [5, 5.41) is 6.31. The van der Waals surface area contributed by atoms with Crippen LogP contribution in [-0.2, 0) is 9.59 Å². The number of dihydropyridines is 1. The first kappa shape index (κ1) is 21.8. The maximum Gasteiger partial charge on any atom is 0.255 e. The van der Waals surface area contributed by atoms with Gasteiger partial charge in [-0.05, 0) is 49.4 Å². The van der Waals surface area contributed by atoms with E-state index in [0.29, 0.717) is 29.1 Å². The molecular formula is C26H29N3O3. The molecule has 6 heteroatoms. The van der Waals surface area contributed by atoms with Gasteiger partial charge >= 0.3 is 0 Å². The van der Waals surface area contributed by atoms with Crippen molar-refractivity contribution in [2.24, 2.45) is 5.41 Å². The van der Waals surface area contributed by atoms with Gasteiger partial charge in [-0.25, -0.2) is 4.98 Å². The van der Waals surface area contributed by atoms with E-state index >= 15 is 0 Å². The van der Waals surface area contributed by atoms with Gasteiger partial charge in [-0.15, -0.1) is 0 Å². The van der Waals surface area contributed by atoms with Gasteiger partial charge in [-0.2, -0.15) is 0 Å². The number of hydrogen-bond donors (Lipinski definition) is 2. The highest BCUT2D eigenvalue weighted by Crippen LogP contribution is 2.48. The summed E-state index contributed by atoms with van der Waals surface area (Å²) >= 11 is 0. The third-order valence-electron chi connectivity index (χ3n) is 6.09. The maximum absolute atomic E-state index is 13.6. The van der Waals surface area contributed by atoms with Gasteiger partial charge in [0.1, 0.15) is 11.6 Å². The van der Waals surface area contributed by atoms with Gasteiger partial charge < -0.3 is 15.4 Å². The summed E-state index contributed by atoms with van der Waals surface area (Å²) in [4.78, 5) is 31.2. The van der Waals surface area contributed by atoms with Crippen LogP contribution in [0.4, 0.5) is 5.82 Å². The van der Waals surface area contributed by atoms with E-state index in [9.17, 15) is 9.59 Å². The predicted molar refractivity (Wildman–Crippen MR) is 124 cm³/mol. The lowest BCUT2D eigenvalue weighted by Gasteiger charge is -2.39. The Morgan fingerprint density at radius 1 is 1.19 bits per heavy atom. The molecule has 2 aromatic rings. The topological polar surface area (TPSA) is 80.3 Å². The second kappa shape index (κ2) is 8.26. The predicted octanol–water partition coefficient (Wildman–Crippen LogP) is 4.64. The number of Topliss-reactive ketones (excluding diaryl/α,β-unsaturated/α-hetero) is 1. The molecule has 4 rings (SSSR count). The fourth-order valence-electron chi connectivity index (χ4n) is 4.74. The van der Waals surface area contributed by atoms with Crippen molar-refractivity contribution in [1.82, 2.24) is 10.3 Å². The zero-order valence-corrected chi connectivity index (χ0v) is 19.2. The maximum atomic E-state index is 13.6. The minimum absolute atomic E-state index is 0.0612. The van der Waals surface area contributed by atoms with Crippen LogP contribution in [0.3, 0.4) is 0 Å². The zero-order chi connectivity index (χ0) is 23.0. The number of methoxy groups -OCH3 is 1. The van der Waals surface area contributed by atoms with E-state index in [1.807, 2.05) is 50.2 Å². The van der Waals surface area contributed by atoms with E-state index in [1.165, 1.54) is 0 Å². The fourth-order valence-corrected chi connectivity index (χ4v) is 4.74. The minimum Gasteiger partial charge on any atom is -0.496 e. The van der Waals surface area contributed by atoms with Crippen LogP contribution in [0.25, 0.3) is 0 Å². The third-order valence-corrected chi connectivity index (χ3v) is 6.09. The second-order valence-corrected chi connectivity index (χ2v) is 9.34. The van der Waals surface area contributed by atoms with E-state index < -0.39 is 5.92 Å². The molecule has 1 aromatic heterocycles. The quantitative estimate of drug-likeness (QED) is 0.737. The number of ether oxygens (including phenoxy) is 1. The molecule has 2 aliphatic rings. The van der Waals surface area contributed by atoms with Gasteiger partial charge in [0.05, 0.1) is 13.0 Å². The standard InChI is InChI=1S/C26H29N3O3/c1-15-10-11-27-21(12-15)29-25(31)22-16(2)28-18-13-26(3,4)14-19(30)24(18)23(22)17-8-6-7-9-20(17)32-5/h6-12,23,28H,13-14H2,1-5H3,(H,27,29,31). The molecule has 0 fully saturated rings. The first-order valence-electron chi connectivity index (χ1n) is 10.8. The smallest absolute Gasteiger partial charge is 0.255 e. The number of benzene rings is 1. The van der Waals surface area contributed by atoms with Crippen molar-refractivity contribution < 1.29 is 14.3 Å². The van der Waals surface area contributed by atoms with Crippen LogP contribution in [0.1, 0.15) is 50.7 Å². The summed E-state index contributed by atoms with van der Waals surface area (Å²) in [6, 6.07) is 11.3. The Kier molecular flexibility index (Phi) is 5.63. The Hall–Kier alpha value is -3.41. The highest BCUT2D eigenvalue weighted by atomic mass is 16.5. The monoisotopic (exact) mass is 431 g/mol. The Labute approximate surface area is 188 Å². The third kappa shape index (κ3) is 4.05. The molecule has 0 radical (unpaired) electrons. The van der Waals surface area contributed by atoms with Crippen molar-refractivity contribution in [2.45, 2.75) is 46.5 Å². The highest BCUT2D eigenvalue weighted by Gasteiger charge is 2.43. The van der Waals surface area contributed by atoms with Gasteiger partial charge in [0, 0.05) is 40.7 Å². The molecule has 1 atom stereocenters. The number of allylic oxidation sites excluding steroid dienone is 3. The number of rotatable bonds is 4. The van der Waals surface area contributed by atoms with E-state index in [-0.39, 0.29) is 17.1 Å². The van der Waals surface area contributed by atoms with Gasteiger partial charge in [-0.1, -0.05) is 32.0 Å². The Balaban J connectivity index is 1.84. The minimum atomic E-state index is -0.518. The fraction of sp³-hybridized carbons (Fsp3) is 0.346. The number of carbonyl (C=O) groups is 2. The number of aryl methyl sites for hydroxylation is 1. The summed E-state index contributed by atoms with van der Waals surface area (Å²) in [5.41, 5.74) is 4.45. The molecule has 1 unspecified atom stereocenters. The molecule has 1 aliphatic heterocycles. The van der Waals surface area contributed by atoms with Crippen LogP contribution < -0.4 is 15.4 Å². The number of hydrogen-bond acceptors (Lipinski definition) is 5. The van der Waals surface area contributed by atoms with Crippen molar-refractivity contribution in [1.29, 1.82) is 0 Å². The van der Waals surface area contributed by atoms with Crippen LogP contribution in [0.15, 0.2) is 65.1 Å². The molecule has 1 aromatic carbocycles. The molecule has 0 saturated carbocycles. The van der Waals surface area contributed by atoms with Gasteiger partial charge in [0.15, 0.2) is 5.78 Å². The summed E-state index contributed by atoms with van der Waals surface area (Å²) in [7, 11) is 1.61. The van der Waals surface area contributed by atoms with Crippen molar-refractivity contribution in [2.75, 3.05) is 12.4 Å². The largest absolute Gasteiger partial charge is 0.496 e. The summed E-state index contributed by atoms with van der Waals surface area (Å²) < 4.78 is 5.63. The number of ketones is 1. The number of para-hydroxylation sites is 1. The normalized spacial score (nSPS) is 19.9. The average molecular weight is 432 g/mol. The first-order valence-corrected chi connectivity index (χ1v) is 10.8. The molecule has 2 N–H and O–H groups in total. The number of nitrogens with zero attached hydrogens (tertiary/aromatic N) is 1. The first-order chi connectivity index (χ1) is 15.2. The summed E-state index contributed by atoms with van der Waals surface area (Å²) in [6.45, 7) is 8.02. The molecule has 0 bridgehead atoms. The van der Waals surface area contributed by atoms with Crippen molar-refractivity contribution >= 4 is 17.5 Å². The van der Waals surface area contributed by atoms with E-state index in [2.05, 4.69) is 29.5 Å². The van der Waals surface area contributed by atoms with E-state index in [0.717, 1.165) is 28.9 Å². The summed E-state index contributed by atoms with van der Waals surface area (Å²) in [5.74, 6) is 0.385. The number of carbonyl (C=O) groups excluding carboxylic acids is 2. The molecule has 1 aliphatic carbocycles. The lowest BCUT2D eigenvalue weighted by molar-refractivity contribution is -0.118. The van der Waals surface area contributed by atoms with Gasteiger partial charge in [0.25, 0.3) is 5.91 Å². The van der Waals surface area contributed by atoms with E-state index in [1.54, 1.807) is 13.3 Å². The number of aromatic nitrogens is 1. The molecule has 166 valence electrons.